The van der Waals surface area contributed by atoms with Gasteiger partial charge in [0.25, 0.3) is 0 Å². The number of hydrogen-bond acceptors (Lipinski definition) is 2. The Labute approximate surface area is 75.4 Å². The molecule has 0 bridgehead atoms. The van der Waals surface area contributed by atoms with Gasteiger partial charge in [-0.25, -0.2) is 0 Å². The maximum absolute atomic E-state index is 8.53. The molecule has 0 atom stereocenters. The van der Waals surface area contributed by atoms with Gasteiger partial charge >= 0.3 is 0 Å². The van der Waals surface area contributed by atoms with Crippen LogP contribution in [0.1, 0.15) is 38.5 Å². The molecule has 0 aromatic heterocycles. The van der Waals surface area contributed by atoms with Gasteiger partial charge in [-0.15, -0.1) is 0 Å². The molecule has 0 radical (unpaired) electrons. The average Bonchev–Trinajstić information content (AvgIpc) is 2.00. The Morgan fingerprint density at radius 1 is 1.17 bits per heavy atom. The zero-order chi connectivity index (χ0) is 8.65. The van der Waals surface area contributed by atoms with Crippen LogP contribution < -0.4 is 5.32 Å². The Kier molecular flexibility index (Phi) is 5.37. The number of unbranched alkanes of at least 4 members (excludes halogenated alkanes) is 1. The summed E-state index contributed by atoms with van der Waals surface area (Å²) in [5.41, 5.74) is 0. The summed E-state index contributed by atoms with van der Waals surface area (Å²) in [5, 5.41) is 11.9. The van der Waals surface area contributed by atoms with Gasteiger partial charge in [-0.3, -0.25) is 0 Å². The lowest BCUT2D eigenvalue weighted by atomic mass is 9.83. The second-order valence-corrected chi connectivity index (χ2v) is 3.77. The van der Waals surface area contributed by atoms with E-state index in [1.54, 1.807) is 0 Å². The molecule has 2 N–H and O–H groups in total. The molecular weight excluding hydrogens is 150 g/mol. The fourth-order valence-electron chi connectivity index (χ4n) is 1.57. The number of rotatable bonds is 7. The molecule has 1 fully saturated rings. The van der Waals surface area contributed by atoms with E-state index in [0.717, 1.165) is 25.3 Å². The Morgan fingerprint density at radius 2 is 2.00 bits per heavy atom. The van der Waals surface area contributed by atoms with Crippen LogP contribution in [-0.4, -0.2) is 24.8 Å². The zero-order valence-corrected chi connectivity index (χ0v) is 7.89. The van der Waals surface area contributed by atoms with Gasteiger partial charge < -0.3 is 10.4 Å². The monoisotopic (exact) mass is 171 g/mol. The number of hydrogen-bond donors (Lipinski definition) is 2. The van der Waals surface area contributed by atoms with E-state index >= 15 is 0 Å². The molecule has 0 aromatic rings. The first-order valence-electron chi connectivity index (χ1n) is 5.25. The smallest absolute Gasteiger partial charge is 0.0431 e. The minimum Gasteiger partial charge on any atom is -0.396 e. The molecule has 1 rings (SSSR count). The quantitative estimate of drug-likeness (QED) is 0.569. The predicted octanol–water partition coefficient (Wildman–Crippen LogP) is 1.54. The van der Waals surface area contributed by atoms with Crippen LogP contribution in [0.4, 0.5) is 0 Å². The van der Waals surface area contributed by atoms with Crippen molar-refractivity contribution in [2.75, 3.05) is 19.7 Å². The van der Waals surface area contributed by atoms with Crippen molar-refractivity contribution < 1.29 is 5.11 Å². The second kappa shape index (κ2) is 6.44. The van der Waals surface area contributed by atoms with Crippen LogP contribution in [0.15, 0.2) is 0 Å². The maximum atomic E-state index is 8.53. The third kappa shape index (κ3) is 4.07. The topological polar surface area (TPSA) is 32.3 Å². The molecule has 1 aliphatic rings. The van der Waals surface area contributed by atoms with E-state index in [1.807, 2.05) is 0 Å². The van der Waals surface area contributed by atoms with E-state index in [1.165, 1.54) is 32.2 Å². The van der Waals surface area contributed by atoms with Crippen LogP contribution >= 0.6 is 0 Å². The van der Waals surface area contributed by atoms with Crippen LogP contribution in [0.3, 0.4) is 0 Å². The molecule has 2 heteroatoms. The highest BCUT2D eigenvalue weighted by molar-refractivity contribution is 4.70. The highest BCUT2D eigenvalue weighted by Gasteiger charge is 2.15. The summed E-state index contributed by atoms with van der Waals surface area (Å²) in [4.78, 5) is 0. The van der Waals surface area contributed by atoms with Crippen molar-refractivity contribution in [3.05, 3.63) is 0 Å². The van der Waals surface area contributed by atoms with Gasteiger partial charge in [-0.2, -0.15) is 0 Å². The Balaban J connectivity index is 1.70. The summed E-state index contributed by atoms with van der Waals surface area (Å²) in [7, 11) is 0. The third-order valence-corrected chi connectivity index (χ3v) is 2.72. The van der Waals surface area contributed by atoms with Crippen LogP contribution in [0.25, 0.3) is 0 Å². The largest absolute Gasteiger partial charge is 0.396 e. The van der Waals surface area contributed by atoms with Crippen molar-refractivity contribution >= 4 is 0 Å². The minimum atomic E-state index is 0.338. The van der Waals surface area contributed by atoms with Gasteiger partial charge in [-0.05, 0) is 38.3 Å². The molecule has 0 spiro atoms. The van der Waals surface area contributed by atoms with Crippen LogP contribution in [0, 0.1) is 5.92 Å². The average molecular weight is 171 g/mol. The summed E-state index contributed by atoms with van der Waals surface area (Å²) in [6.45, 7) is 2.59. The van der Waals surface area contributed by atoms with Crippen molar-refractivity contribution in [3.63, 3.8) is 0 Å². The van der Waals surface area contributed by atoms with Crippen molar-refractivity contribution in [1.82, 2.24) is 5.32 Å². The predicted molar refractivity (Wildman–Crippen MR) is 51.1 cm³/mol. The molecule has 72 valence electrons. The Hall–Kier alpha value is -0.0800. The van der Waals surface area contributed by atoms with E-state index in [0.29, 0.717) is 6.61 Å². The first-order valence-corrected chi connectivity index (χ1v) is 5.25. The molecule has 12 heavy (non-hydrogen) atoms. The molecule has 0 aromatic carbocycles. The molecule has 0 unspecified atom stereocenters. The fourth-order valence-corrected chi connectivity index (χ4v) is 1.57. The highest BCUT2D eigenvalue weighted by atomic mass is 16.2. The number of nitrogens with one attached hydrogen (secondary N) is 1. The van der Waals surface area contributed by atoms with Gasteiger partial charge in [0.15, 0.2) is 0 Å². The van der Waals surface area contributed by atoms with Gasteiger partial charge in [0.05, 0.1) is 0 Å². The van der Waals surface area contributed by atoms with E-state index in [4.69, 9.17) is 5.11 Å². The van der Waals surface area contributed by atoms with Crippen LogP contribution in [-0.2, 0) is 0 Å². The number of aliphatic hydroxyl groups excluding tert-OH is 1. The maximum Gasteiger partial charge on any atom is 0.0431 e. The SMILES string of the molecule is OCCCCNCCC1CCC1. The van der Waals surface area contributed by atoms with Crippen molar-refractivity contribution in [1.29, 1.82) is 0 Å². The van der Waals surface area contributed by atoms with E-state index < -0.39 is 0 Å². The molecule has 1 aliphatic carbocycles. The summed E-state index contributed by atoms with van der Waals surface area (Å²) in [6.07, 6.45) is 7.78. The molecule has 0 saturated heterocycles. The summed E-state index contributed by atoms with van der Waals surface area (Å²) < 4.78 is 0. The van der Waals surface area contributed by atoms with Crippen molar-refractivity contribution in [2.45, 2.75) is 38.5 Å². The highest BCUT2D eigenvalue weighted by Crippen LogP contribution is 2.28. The van der Waals surface area contributed by atoms with Gasteiger partial charge in [0.1, 0.15) is 0 Å². The first kappa shape index (κ1) is 10.0. The summed E-state index contributed by atoms with van der Waals surface area (Å²) >= 11 is 0. The molecule has 0 aliphatic heterocycles. The van der Waals surface area contributed by atoms with E-state index in [9.17, 15) is 0 Å². The molecular formula is C10H21NO. The standard InChI is InChI=1S/C10H21NO/c12-9-2-1-7-11-8-6-10-4-3-5-10/h10-12H,1-9H2. The molecule has 0 amide bonds. The first-order chi connectivity index (χ1) is 5.93. The van der Waals surface area contributed by atoms with Crippen molar-refractivity contribution in [3.8, 4) is 0 Å². The summed E-state index contributed by atoms with van der Waals surface area (Å²) in [5.74, 6) is 1.02. The third-order valence-electron chi connectivity index (χ3n) is 2.72. The van der Waals surface area contributed by atoms with Crippen LogP contribution in [0.2, 0.25) is 0 Å². The molecule has 2 nitrogen and oxygen atoms in total. The van der Waals surface area contributed by atoms with E-state index in [2.05, 4.69) is 5.32 Å². The molecule has 1 saturated carbocycles. The van der Waals surface area contributed by atoms with E-state index in [-0.39, 0.29) is 0 Å². The van der Waals surface area contributed by atoms with Crippen molar-refractivity contribution in [2.24, 2.45) is 5.92 Å². The lowest BCUT2D eigenvalue weighted by Crippen LogP contribution is -2.22. The zero-order valence-electron chi connectivity index (χ0n) is 7.89. The fraction of sp³-hybridized carbons (Fsp3) is 1.00. The lowest BCUT2D eigenvalue weighted by Gasteiger charge is -2.25. The normalized spacial score (nSPS) is 17.8. The van der Waals surface area contributed by atoms with Gasteiger partial charge in [0, 0.05) is 6.61 Å². The second-order valence-electron chi connectivity index (χ2n) is 3.77. The van der Waals surface area contributed by atoms with Gasteiger partial charge in [0.2, 0.25) is 0 Å². The minimum absolute atomic E-state index is 0.338. The molecule has 0 heterocycles. The Bertz CT molecular complexity index is 102. The van der Waals surface area contributed by atoms with Crippen LogP contribution in [0.5, 0.6) is 0 Å². The van der Waals surface area contributed by atoms with Gasteiger partial charge in [-0.1, -0.05) is 19.3 Å². The lowest BCUT2D eigenvalue weighted by molar-refractivity contribution is 0.278. The number of aliphatic hydroxyl groups is 1. The summed E-state index contributed by atoms with van der Waals surface area (Å²) in [6, 6.07) is 0. The Morgan fingerprint density at radius 3 is 2.58 bits per heavy atom.